The van der Waals surface area contributed by atoms with Crippen LogP contribution in [0, 0.1) is 0 Å². The summed E-state index contributed by atoms with van der Waals surface area (Å²) in [5, 5.41) is 0.522. The van der Waals surface area contributed by atoms with E-state index in [-0.39, 0.29) is 18.0 Å². The fourth-order valence-corrected chi connectivity index (χ4v) is 6.32. The molecule has 1 aliphatic carbocycles. The van der Waals surface area contributed by atoms with Crippen molar-refractivity contribution in [3.05, 3.63) is 85.4 Å². The van der Waals surface area contributed by atoms with Crippen molar-refractivity contribution in [1.29, 1.82) is 0 Å². The number of nitrogens with zero attached hydrogens (tertiary/aromatic N) is 3. The van der Waals surface area contributed by atoms with Gasteiger partial charge in [-0.3, -0.25) is 14.2 Å². The number of aromatic nitrogens is 2. The molecule has 37 heavy (non-hydrogen) atoms. The van der Waals surface area contributed by atoms with Crippen LogP contribution in [0.2, 0.25) is 0 Å². The molecule has 5 rings (SSSR count). The Hall–Kier alpha value is -3.85. The van der Waals surface area contributed by atoms with Crippen LogP contribution in [0.25, 0.3) is 15.9 Å². The molecule has 0 bridgehead atoms. The second-order valence-electron chi connectivity index (χ2n) is 8.98. The highest BCUT2D eigenvalue weighted by atomic mass is 32.1. The molecule has 2 aromatic carbocycles. The lowest BCUT2D eigenvalue weighted by atomic mass is 10.2. The Labute approximate surface area is 218 Å². The molecule has 0 fully saturated rings. The molecule has 0 radical (unpaired) electrons. The fourth-order valence-electron chi connectivity index (χ4n) is 4.94. The van der Waals surface area contributed by atoms with Gasteiger partial charge in [0.25, 0.3) is 5.56 Å². The monoisotopic (exact) mass is 519 g/mol. The second kappa shape index (κ2) is 10.3. The largest absolute Gasteiger partial charge is 0.497 e. The molecule has 2 aromatic heterocycles. The molecule has 0 spiro atoms. The molecule has 1 amide bonds. The van der Waals surface area contributed by atoms with Crippen molar-refractivity contribution in [2.75, 3.05) is 20.8 Å². The predicted molar refractivity (Wildman–Crippen MR) is 144 cm³/mol. The Kier molecular flexibility index (Phi) is 6.88. The van der Waals surface area contributed by atoms with E-state index < -0.39 is 5.69 Å². The van der Waals surface area contributed by atoms with Gasteiger partial charge in [0.05, 0.1) is 25.3 Å². The zero-order valence-corrected chi connectivity index (χ0v) is 22.0. The van der Waals surface area contributed by atoms with Crippen LogP contribution in [-0.2, 0) is 30.7 Å². The Morgan fingerprint density at radius 1 is 1.05 bits per heavy atom. The molecule has 0 atom stereocenters. The van der Waals surface area contributed by atoms with Crippen LogP contribution in [0.15, 0.2) is 58.1 Å². The van der Waals surface area contributed by atoms with Crippen molar-refractivity contribution in [1.82, 2.24) is 14.0 Å². The van der Waals surface area contributed by atoms with Crippen LogP contribution >= 0.6 is 11.3 Å². The number of amides is 1. The van der Waals surface area contributed by atoms with Crippen LogP contribution in [0.4, 0.5) is 0 Å². The number of likely N-dealkylation sites (N-methyl/N-ethyl adjacent to an activating group) is 1. The van der Waals surface area contributed by atoms with Gasteiger partial charge in [0, 0.05) is 24.0 Å². The molecule has 8 nitrogen and oxygen atoms in total. The molecule has 9 heteroatoms. The first-order valence-electron chi connectivity index (χ1n) is 12.3. The number of hydrogen-bond acceptors (Lipinski definition) is 6. The number of hydrogen-bond donors (Lipinski definition) is 0. The number of carbonyl (C=O) groups is 1. The van der Waals surface area contributed by atoms with Crippen LogP contribution in [-0.4, -0.2) is 40.7 Å². The van der Waals surface area contributed by atoms with E-state index in [2.05, 4.69) is 0 Å². The van der Waals surface area contributed by atoms with Gasteiger partial charge in [-0.05, 0) is 49.4 Å². The minimum atomic E-state index is -0.565. The maximum Gasteiger partial charge on any atom is 0.337 e. The first-order chi connectivity index (χ1) is 18.0. The molecule has 2 heterocycles. The highest BCUT2D eigenvalue weighted by molar-refractivity contribution is 7.19. The molecular formula is C28H29N3O5S. The van der Waals surface area contributed by atoms with Gasteiger partial charge in [-0.1, -0.05) is 30.3 Å². The van der Waals surface area contributed by atoms with E-state index in [1.807, 2.05) is 37.3 Å². The van der Waals surface area contributed by atoms with E-state index in [1.165, 1.54) is 30.1 Å². The molecule has 192 valence electrons. The number of rotatable bonds is 8. The third-order valence-electron chi connectivity index (χ3n) is 6.86. The SMILES string of the molecule is CCN(Cc1ccccc1)C(=O)Cn1c(=O)n(-c2ccc(OC)cc2OC)c(=O)c2c3c(sc21)CCC3. The summed E-state index contributed by atoms with van der Waals surface area (Å²) in [6, 6.07) is 14.7. The zero-order chi connectivity index (χ0) is 26.1. The van der Waals surface area contributed by atoms with Crippen LogP contribution in [0.5, 0.6) is 11.5 Å². The van der Waals surface area contributed by atoms with E-state index in [9.17, 15) is 14.4 Å². The number of aryl methyl sites for hydroxylation is 2. The molecule has 0 aliphatic heterocycles. The summed E-state index contributed by atoms with van der Waals surface area (Å²) in [4.78, 5) is 44.7. The number of methoxy groups -OCH3 is 2. The van der Waals surface area contributed by atoms with Gasteiger partial charge in [0.2, 0.25) is 5.91 Å². The third kappa shape index (κ3) is 4.44. The summed E-state index contributed by atoms with van der Waals surface area (Å²) < 4.78 is 13.4. The minimum Gasteiger partial charge on any atom is -0.497 e. The molecule has 0 saturated heterocycles. The van der Waals surface area contributed by atoms with Crippen molar-refractivity contribution < 1.29 is 14.3 Å². The molecular weight excluding hydrogens is 490 g/mol. The molecule has 0 N–H and O–H groups in total. The lowest BCUT2D eigenvalue weighted by Crippen LogP contribution is -2.42. The Morgan fingerprint density at radius 2 is 1.84 bits per heavy atom. The predicted octanol–water partition coefficient (Wildman–Crippen LogP) is 3.77. The van der Waals surface area contributed by atoms with Crippen LogP contribution in [0.3, 0.4) is 0 Å². The summed E-state index contributed by atoms with van der Waals surface area (Å²) in [6.45, 7) is 2.70. The maximum atomic E-state index is 13.9. The maximum absolute atomic E-state index is 13.9. The van der Waals surface area contributed by atoms with Crippen LogP contribution < -0.4 is 20.7 Å². The van der Waals surface area contributed by atoms with Gasteiger partial charge in [0.15, 0.2) is 0 Å². The number of carbonyl (C=O) groups excluding carboxylic acids is 1. The van der Waals surface area contributed by atoms with E-state index in [0.29, 0.717) is 40.5 Å². The van der Waals surface area contributed by atoms with E-state index in [0.717, 1.165) is 39.8 Å². The second-order valence-corrected chi connectivity index (χ2v) is 10.1. The quantitative estimate of drug-likeness (QED) is 0.354. The minimum absolute atomic E-state index is 0.159. The Morgan fingerprint density at radius 3 is 2.54 bits per heavy atom. The standard InChI is InChI=1S/C28H29N3O5S/c1-4-29(16-18-9-6-5-7-10-18)24(32)17-30-27-25(20-11-8-12-23(20)37-27)26(33)31(28(30)34)21-14-13-19(35-2)15-22(21)36-3/h5-7,9-10,13-15H,4,8,11-12,16-17H2,1-3H3. The van der Waals surface area contributed by atoms with Crippen molar-refractivity contribution >= 4 is 27.5 Å². The average molecular weight is 520 g/mol. The smallest absolute Gasteiger partial charge is 0.337 e. The van der Waals surface area contributed by atoms with Crippen molar-refractivity contribution in [3.63, 3.8) is 0 Å². The van der Waals surface area contributed by atoms with Gasteiger partial charge in [-0.25, -0.2) is 9.36 Å². The zero-order valence-electron chi connectivity index (χ0n) is 21.2. The summed E-state index contributed by atoms with van der Waals surface area (Å²) in [5.74, 6) is 0.693. The Bertz CT molecular complexity index is 1590. The summed E-state index contributed by atoms with van der Waals surface area (Å²) in [5.41, 5.74) is 1.37. The van der Waals surface area contributed by atoms with Gasteiger partial charge < -0.3 is 14.4 Å². The number of fused-ring (bicyclic) bond motifs is 3. The molecule has 1 aliphatic rings. The molecule has 0 saturated carbocycles. The topological polar surface area (TPSA) is 82.8 Å². The molecule has 4 aromatic rings. The van der Waals surface area contributed by atoms with Crippen molar-refractivity contribution in [2.24, 2.45) is 0 Å². The summed E-state index contributed by atoms with van der Waals surface area (Å²) in [7, 11) is 3.02. The van der Waals surface area contributed by atoms with Gasteiger partial charge in [-0.2, -0.15) is 0 Å². The first-order valence-corrected chi connectivity index (χ1v) is 13.1. The Balaban J connectivity index is 1.66. The lowest BCUT2D eigenvalue weighted by molar-refractivity contribution is -0.132. The first kappa shape index (κ1) is 24.8. The van der Waals surface area contributed by atoms with E-state index in [4.69, 9.17) is 9.47 Å². The lowest BCUT2D eigenvalue weighted by Gasteiger charge is -2.22. The molecule has 0 unspecified atom stereocenters. The van der Waals surface area contributed by atoms with E-state index >= 15 is 0 Å². The van der Waals surface area contributed by atoms with Gasteiger partial charge >= 0.3 is 5.69 Å². The summed E-state index contributed by atoms with van der Waals surface area (Å²) >= 11 is 1.45. The number of ether oxygens (including phenoxy) is 2. The highest BCUT2D eigenvalue weighted by Crippen LogP contribution is 2.36. The highest BCUT2D eigenvalue weighted by Gasteiger charge is 2.27. The normalized spacial score (nSPS) is 12.5. The van der Waals surface area contributed by atoms with Crippen LogP contribution in [0.1, 0.15) is 29.3 Å². The number of benzene rings is 2. The third-order valence-corrected chi connectivity index (χ3v) is 8.17. The summed E-state index contributed by atoms with van der Waals surface area (Å²) in [6.07, 6.45) is 2.63. The van der Waals surface area contributed by atoms with Gasteiger partial charge in [-0.15, -0.1) is 11.3 Å². The average Bonchev–Trinajstić information content (AvgIpc) is 3.52. The van der Waals surface area contributed by atoms with E-state index in [1.54, 1.807) is 23.1 Å². The van der Waals surface area contributed by atoms with Gasteiger partial charge in [0.1, 0.15) is 22.9 Å². The fraction of sp³-hybridized carbons (Fsp3) is 0.321. The van der Waals surface area contributed by atoms with Crippen molar-refractivity contribution in [2.45, 2.75) is 39.3 Å². The van der Waals surface area contributed by atoms with Crippen molar-refractivity contribution in [3.8, 4) is 17.2 Å². The number of thiophene rings is 1.